The first kappa shape index (κ1) is 26.3. The van der Waals surface area contributed by atoms with E-state index in [0.717, 1.165) is 49.3 Å². The molecule has 0 radical (unpaired) electrons. The summed E-state index contributed by atoms with van der Waals surface area (Å²) in [5.74, 6) is 1.75. The monoisotopic (exact) mass is 556 g/mol. The molecule has 6 rings (SSSR count). The zero-order valence-electron chi connectivity index (χ0n) is 22.5. The van der Waals surface area contributed by atoms with Crippen LogP contribution in [0.5, 0.6) is 11.5 Å². The van der Waals surface area contributed by atoms with E-state index in [-0.39, 0.29) is 5.75 Å². The van der Waals surface area contributed by atoms with Gasteiger partial charge in [0.25, 0.3) is 0 Å². The van der Waals surface area contributed by atoms with Crippen LogP contribution in [0.1, 0.15) is 16.8 Å². The number of aryl methyl sites for hydroxylation is 1. The molecule has 0 atom stereocenters. The van der Waals surface area contributed by atoms with Crippen LogP contribution >= 0.6 is 11.8 Å². The van der Waals surface area contributed by atoms with Crippen molar-refractivity contribution in [3.63, 3.8) is 0 Å². The lowest BCUT2D eigenvalue weighted by molar-refractivity contribution is 0.306. The Labute approximate surface area is 243 Å². The summed E-state index contributed by atoms with van der Waals surface area (Å²) in [6.07, 6.45) is 1.57. The summed E-state index contributed by atoms with van der Waals surface area (Å²) in [7, 11) is 0. The van der Waals surface area contributed by atoms with Gasteiger partial charge in [0.2, 0.25) is 0 Å². The van der Waals surface area contributed by atoms with Crippen LogP contribution in [0.3, 0.4) is 0 Å². The second-order valence-electron chi connectivity index (χ2n) is 9.59. The van der Waals surface area contributed by atoms with E-state index in [2.05, 4.69) is 51.3 Å². The second-order valence-corrected chi connectivity index (χ2v) is 10.7. The van der Waals surface area contributed by atoms with Crippen LogP contribution in [-0.4, -0.2) is 20.1 Å². The number of phenols is 1. The van der Waals surface area contributed by atoms with E-state index in [9.17, 15) is 5.11 Å². The van der Waals surface area contributed by atoms with Gasteiger partial charge in [-0.1, -0.05) is 72.4 Å². The number of pyridine rings is 1. The zero-order chi connectivity index (χ0) is 28.0. The minimum absolute atomic E-state index is 0.236. The van der Waals surface area contributed by atoms with Gasteiger partial charge in [-0.3, -0.25) is 0 Å². The highest BCUT2D eigenvalue weighted by atomic mass is 32.2. The molecule has 0 aliphatic heterocycles. The Kier molecular flexibility index (Phi) is 7.78. The molecule has 6 nitrogen and oxygen atoms in total. The average molecular weight is 557 g/mol. The Morgan fingerprint density at radius 2 is 1.51 bits per heavy atom. The van der Waals surface area contributed by atoms with Gasteiger partial charge in [0.05, 0.1) is 11.1 Å². The molecule has 41 heavy (non-hydrogen) atoms. The van der Waals surface area contributed by atoms with Crippen molar-refractivity contribution in [2.24, 2.45) is 0 Å². The maximum absolute atomic E-state index is 9.83. The number of ether oxygens (including phenoxy) is 1. The number of hydrogen-bond donors (Lipinski definition) is 1. The summed E-state index contributed by atoms with van der Waals surface area (Å²) in [5.41, 5.74) is 4.73. The van der Waals surface area contributed by atoms with Gasteiger partial charge in [0.1, 0.15) is 30.3 Å². The number of nitrogens with zero attached hydrogens (tertiary/aromatic N) is 4. The summed E-state index contributed by atoms with van der Waals surface area (Å²) in [4.78, 5) is 18.1. The molecule has 0 saturated heterocycles. The van der Waals surface area contributed by atoms with Crippen molar-refractivity contribution in [1.82, 2.24) is 15.0 Å². The molecular formula is C34H28N4O2S. The molecule has 0 aliphatic carbocycles. The predicted molar refractivity (Wildman–Crippen MR) is 164 cm³/mol. The van der Waals surface area contributed by atoms with Gasteiger partial charge >= 0.3 is 0 Å². The highest BCUT2D eigenvalue weighted by Gasteiger charge is 2.21. The van der Waals surface area contributed by atoms with Crippen molar-refractivity contribution in [1.29, 1.82) is 0 Å². The zero-order valence-corrected chi connectivity index (χ0v) is 23.3. The van der Waals surface area contributed by atoms with Gasteiger partial charge in [-0.2, -0.15) is 0 Å². The lowest BCUT2D eigenvalue weighted by Gasteiger charge is -2.27. The van der Waals surface area contributed by atoms with Crippen LogP contribution in [-0.2, 0) is 13.2 Å². The van der Waals surface area contributed by atoms with E-state index in [1.165, 1.54) is 0 Å². The van der Waals surface area contributed by atoms with E-state index >= 15 is 0 Å². The molecule has 0 aliphatic rings. The highest BCUT2D eigenvalue weighted by molar-refractivity contribution is 7.99. The fourth-order valence-electron chi connectivity index (χ4n) is 4.55. The molecule has 6 aromatic rings. The molecule has 0 amide bonds. The summed E-state index contributed by atoms with van der Waals surface area (Å²) >= 11 is 1.62. The normalized spacial score (nSPS) is 11.0. The van der Waals surface area contributed by atoms with Crippen LogP contribution in [0, 0.1) is 6.92 Å². The number of rotatable bonds is 9. The summed E-state index contributed by atoms with van der Waals surface area (Å²) in [6.45, 7) is 3.00. The molecular weight excluding hydrogens is 528 g/mol. The Hall–Kier alpha value is -4.88. The Bertz CT molecular complexity index is 1760. The quantitative estimate of drug-likeness (QED) is 0.193. The van der Waals surface area contributed by atoms with Crippen molar-refractivity contribution in [2.45, 2.75) is 29.9 Å². The van der Waals surface area contributed by atoms with E-state index in [1.807, 2.05) is 73.7 Å². The van der Waals surface area contributed by atoms with Crippen LogP contribution in [0.25, 0.3) is 11.0 Å². The largest absolute Gasteiger partial charge is 0.508 e. The SMILES string of the molecule is Cc1ccc2c(N(Cc3ccccc3)c3cc(OCc4ccccc4)ccc3Sc3ccc(O)cc3)ncnc2n1. The first-order chi connectivity index (χ1) is 20.1. The molecule has 0 saturated carbocycles. The van der Waals surface area contributed by atoms with Gasteiger partial charge in [0.15, 0.2) is 5.65 Å². The minimum atomic E-state index is 0.236. The highest BCUT2D eigenvalue weighted by Crippen LogP contribution is 2.42. The van der Waals surface area contributed by atoms with Crippen LogP contribution in [0.2, 0.25) is 0 Å². The fourth-order valence-corrected chi connectivity index (χ4v) is 5.48. The number of aromatic hydroxyl groups is 1. The maximum atomic E-state index is 9.83. The van der Waals surface area contributed by atoms with Gasteiger partial charge in [-0.05, 0) is 66.6 Å². The smallest absolute Gasteiger partial charge is 0.164 e. The van der Waals surface area contributed by atoms with Crippen molar-refractivity contribution in [3.05, 3.63) is 138 Å². The van der Waals surface area contributed by atoms with Gasteiger partial charge < -0.3 is 14.7 Å². The third-order valence-corrected chi connectivity index (χ3v) is 7.66. The van der Waals surface area contributed by atoms with Crippen molar-refractivity contribution >= 4 is 34.3 Å². The Balaban J connectivity index is 1.48. The molecule has 0 fully saturated rings. The molecule has 202 valence electrons. The predicted octanol–water partition coefficient (Wildman–Crippen LogP) is 8.11. The van der Waals surface area contributed by atoms with Crippen LogP contribution < -0.4 is 9.64 Å². The Morgan fingerprint density at radius 3 is 2.27 bits per heavy atom. The molecule has 2 aromatic heterocycles. The molecule has 0 spiro atoms. The van der Waals surface area contributed by atoms with Crippen molar-refractivity contribution in [2.75, 3.05) is 4.90 Å². The molecule has 0 unspecified atom stereocenters. The number of fused-ring (bicyclic) bond motifs is 1. The van der Waals surface area contributed by atoms with E-state index in [0.29, 0.717) is 18.8 Å². The van der Waals surface area contributed by atoms with Crippen molar-refractivity contribution in [3.8, 4) is 11.5 Å². The molecule has 0 bridgehead atoms. The first-order valence-electron chi connectivity index (χ1n) is 13.3. The van der Waals surface area contributed by atoms with Gasteiger partial charge in [-0.25, -0.2) is 15.0 Å². The first-order valence-corrected chi connectivity index (χ1v) is 14.1. The van der Waals surface area contributed by atoms with Crippen LogP contribution in [0.4, 0.5) is 11.5 Å². The van der Waals surface area contributed by atoms with Gasteiger partial charge in [-0.15, -0.1) is 0 Å². The molecule has 7 heteroatoms. The summed E-state index contributed by atoms with van der Waals surface area (Å²) in [5, 5.41) is 10.7. The fraction of sp³-hybridized carbons (Fsp3) is 0.0882. The lowest BCUT2D eigenvalue weighted by Crippen LogP contribution is -2.19. The Morgan fingerprint density at radius 1 is 0.780 bits per heavy atom. The topological polar surface area (TPSA) is 71.4 Å². The average Bonchev–Trinajstić information content (AvgIpc) is 3.01. The third kappa shape index (κ3) is 6.31. The van der Waals surface area contributed by atoms with Crippen LogP contribution in [0.15, 0.2) is 131 Å². The minimum Gasteiger partial charge on any atom is -0.508 e. The summed E-state index contributed by atoms with van der Waals surface area (Å²) < 4.78 is 6.28. The number of aromatic nitrogens is 3. The molecule has 2 heterocycles. The van der Waals surface area contributed by atoms with Crippen molar-refractivity contribution < 1.29 is 9.84 Å². The van der Waals surface area contributed by atoms with E-state index in [1.54, 1.807) is 30.2 Å². The maximum Gasteiger partial charge on any atom is 0.164 e. The summed E-state index contributed by atoms with van der Waals surface area (Å²) in [6, 6.07) is 37.9. The number of benzene rings is 4. The molecule has 4 aromatic carbocycles. The third-order valence-electron chi connectivity index (χ3n) is 6.59. The second kappa shape index (κ2) is 12.1. The molecule has 1 N–H and O–H groups in total. The standard InChI is InChI=1S/C34H28N4O2S/c1-24-12-18-30-33(37-24)35-23-36-34(30)38(21-25-8-4-2-5-9-25)31-20-28(40-22-26-10-6-3-7-11-26)15-19-32(31)41-29-16-13-27(39)14-17-29/h2-20,23,39H,21-22H2,1H3. The van der Waals surface area contributed by atoms with E-state index < -0.39 is 0 Å². The van der Waals surface area contributed by atoms with Gasteiger partial charge in [0, 0.05) is 28.1 Å². The number of anilines is 2. The number of phenolic OH excluding ortho intramolecular Hbond substituents is 1. The lowest BCUT2D eigenvalue weighted by atomic mass is 10.1. The van der Waals surface area contributed by atoms with E-state index in [4.69, 9.17) is 9.72 Å². The number of hydrogen-bond acceptors (Lipinski definition) is 7.